The van der Waals surface area contributed by atoms with Gasteiger partial charge in [0.1, 0.15) is 15.6 Å². The molecule has 0 aliphatic carbocycles. The lowest BCUT2D eigenvalue weighted by Crippen LogP contribution is -2.17. The van der Waals surface area contributed by atoms with Gasteiger partial charge < -0.3 is 10.4 Å². The molecule has 2 aromatic heterocycles. The second kappa shape index (κ2) is 6.50. The molecule has 1 aliphatic rings. The van der Waals surface area contributed by atoms with Crippen LogP contribution in [0.4, 0.5) is 0 Å². The summed E-state index contributed by atoms with van der Waals surface area (Å²) in [6, 6.07) is 7.89. The van der Waals surface area contributed by atoms with Crippen LogP contribution < -0.4 is 5.32 Å². The molecule has 0 bridgehead atoms. The first-order valence-electron chi connectivity index (χ1n) is 7.86. The van der Waals surface area contributed by atoms with Gasteiger partial charge in [0.15, 0.2) is 0 Å². The number of fused-ring (bicyclic) bond motifs is 1. The zero-order valence-corrected chi connectivity index (χ0v) is 16.4. The van der Waals surface area contributed by atoms with Crippen LogP contribution in [0.1, 0.15) is 16.0 Å². The number of thiophene rings is 1. The third kappa shape index (κ3) is 3.02. The number of carbonyl (C=O) groups excluding carboxylic acids is 1. The highest BCUT2D eigenvalue weighted by Gasteiger charge is 2.22. The van der Waals surface area contributed by atoms with Crippen molar-refractivity contribution in [3.8, 4) is 17.0 Å². The van der Waals surface area contributed by atoms with Crippen LogP contribution in [-0.4, -0.2) is 20.3 Å². The van der Waals surface area contributed by atoms with E-state index in [1.807, 2.05) is 49.6 Å². The fourth-order valence-electron chi connectivity index (χ4n) is 2.89. The number of aromatic nitrogens is 1. The molecule has 26 heavy (non-hydrogen) atoms. The van der Waals surface area contributed by atoms with Crippen LogP contribution in [0.15, 0.2) is 34.6 Å². The zero-order chi connectivity index (χ0) is 18.4. The van der Waals surface area contributed by atoms with Gasteiger partial charge in [-0.25, -0.2) is 4.98 Å². The summed E-state index contributed by atoms with van der Waals surface area (Å²) in [5.74, 6) is 0.0622. The summed E-state index contributed by atoms with van der Waals surface area (Å²) < 4.78 is 0.482. The maximum atomic E-state index is 11.8. The Morgan fingerprint density at radius 2 is 2.04 bits per heavy atom. The molecule has 0 spiro atoms. The predicted octanol–water partition coefficient (Wildman–Crippen LogP) is 4.77. The molecule has 1 amide bonds. The van der Waals surface area contributed by atoms with Gasteiger partial charge in [0, 0.05) is 21.2 Å². The summed E-state index contributed by atoms with van der Waals surface area (Å²) >= 11 is 7.81. The topological polar surface area (TPSA) is 62.2 Å². The van der Waals surface area contributed by atoms with Gasteiger partial charge in [-0.3, -0.25) is 4.79 Å². The number of phenols is 1. The number of aryl methyl sites for hydroxylation is 2. The fraction of sp³-hybridized carbons (Fsp3) is 0.105. The van der Waals surface area contributed by atoms with Crippen molar-refractivity contribution in [1.82, 2.24) is 10.3 Å². The lowest BCUT2D eigenvalue weighted by Gasteiger charge is -2.08. The Morgan fingerprint density at radius 1 is 1.23 bits per heavy atom. The van der Waals surface area contributed by atoms with E-state index in [4.69, 9.17) is 12.2 Å². The smallest absolute Gasteiger partial charge is 0.263 e. The highest BCUT2D eigenvalue weighted by atomic mass is 32.2. The summed E-state index contributed by atoms with van der Waals surface area (Å²) in [5, 5.41) is 15.9. The van der Waals surface area contributed by atoms with Crippen molar-refractivity contribution in [1.29, 1.82) is 0 Å². The SMILES string of the molecule is Cc1cc(C)c2ccc(-c3csc(/C=C4\SC(=S)NC4=O)c3)nc2c1O. The third-order valence-corrected chi connectivity index (χ3v) is 6.22. The summed E-state index contributed by atoms with van der Waals surface area (Å²) in [6.07, 6.45) is 1.83. The van der Waals surface area contributed by atoms with E-state index in [1.54, 1.807) is 0 Å². The molecule has 0 unspecified atom stereocenters. The molecule has 0 saturated carbocycles. The summed E-state index contributed by atoms with van der Waals surface area (Å²) in [5.41, 5.74) is 4.26. The molecule has 0 radical (unpaired) electrons. The molecule has 4 nitrogen and oxygen atoms in total. The molecule has 0 atom stereocenters. The van der Waals surface area contributed by atoms with E-state index >= 15 is 0 Å². The average molecular weight is 399 g/mol. The summed E-state index contributed by atoms with van der Waals surface area (Å²) in [6.45, 7) is 3.89. The second-order valence-electron chi connectivity index (χ2n) is 6.04. The number of carbonyl (C=O) groups is 1. The van der Waals surface area contributed by atoms with Crippen molar-refractivity contribution in [2.24, 2.45) is 0 Å². The Morgan fingerprint density at radius 3 is 2.77 bits per heavy atom. The third-order valence-electron chi connectivity index (χ3n) is 4.18. The molecule has 1 fully saturated rings. The highest BCUT2D eigenvalue weighted by molar-refractivity contribution is 8.26. The molecular formula is C19H14N2O2S3. The molecule has 1 aliphatic heterocycles. The van der Waals surface area contributed by atoms with Crippen molar-refractivity contribution in [2.45, 2.75) is 13.8 Å². The van der Waals surface area contributed by atoms with Gasteiger partial charge in [-0.2, -0.15) is 0 Å². The number of phenolic OH excluding ortho intramolecular Hbond substituents is 1. The van der Waals surface area contributed by atoms with Crippen molar-refractivity contribution in [2.75, 3.05) is 0 Å². The van der Waals surface area contributed by atoms with E-state index in [-0.39, 0.29) is 11.7 Å². The monoisotopic (exact) mass is 398 g/mol. The Labute approximate surface area is 164 Å². The summed E-state index contributed by atoms with van der Waals surface area (Å²) in [4.78, 5) is 18.0. The van der Waals surface area contributed by atoms with Gasteiger partial charge in [0.05, 0.1) is 10.6 Å². The average Bonchev–Trinajstić information content (AvgIpc) is 3.19. The van der Waals surface area contributed by atoms with Crippen molar-refractivity contribution in [3.05, 3.63) is 50.6 Å². The minimum absolute atomic E-state index is 0.158. The van der Waals surface area contributed by atoms with E-state index in [0.29, 0.717) is 14.7 Å². The van der Waals surface area contributed by atoms with Crippen LogP contribution >= 0.6 is 35.3 Å². The minimum atomic E-state index is -0.158. The Kier molecular flexibility index (Phi) is 4.30. The Balaban J connectivity index is 1.74. The van der Waals surface area contributed by atoms with Gasteiger partial charge in [-0.05, 0) is 43.2 Å². The van der Waals surface area contributed by atoms with E-state index in [0.717, 1.165) is 32.6 Å². The predicted molar refractivity (Wildman–Crippen MR) is 113 cm³/mol. The number of nitrogens with zero attached hydrogens (tertiary/aromatic N) is 1. The van der Waals surface area contributed by atoms with Gasteiger partial charge in [-0.1, -0.05) is 36.1 Å². The van der Waals surface area contributed by atoms with Crippen LogP contribution in [-0.2, 0) is 4.79 Å². The normalized spacial score (nSPS) is 15.8. The maximum absolute atomic E-state index is 11.8. The number of amides is 1. The van der Waals surface area contributed by atoms with Gasteiger partial charge in [0.2, 0.25) is 0 Å². The summed E-state index contributed by atoms with van der Waals surface area (Å²) in [7, 11) is 0. The number of nitrogens with one attached hydrogen (secondary N) is 1. The maximum Gasteiger partial charge on any atom is 0.263 e. The lowest BCUT2D eigenvalue weighted by atomic mass is 10.0. The number of rotatable bonds is 2. The fourth-order valence-corrected chi connectivity index (χ4v) is 4.83. The van der Waals surface area contributed by atoms with E-state index < -0.39 is 0 Å². The van der Waals surface area contributed by atoms with Crippen molar-refractivity contribution < 1.29 is 9.90 Å². The number of pyridine rings is 1. The molecule has 7 heteroatoms. The van der Waals surface area contributed by atoms with Gasteiger partial charge in [-0.15, -0.1) is 11.3 Å². The van der Waals surface area contributed by atoms with Crippen LogP contribution in [0.25, 0.3) is 28.2 Å². The molecule has 3 aromatic rings. The lowest BCUT2D eigenvalue weighted by molar-refractivity contribution is -0.115. The minimum Gasteiger partial charge on any atom is -0.505 e. The van der Waals surface area contributed by atoms with E-state index in [1.165, 1.54) is 23.1 Å². The number of thioether (sulfide) groups is 1. The molecular weight excluding hydrogens is 384 g/mol. The highest BCUT2D eigenvalue weighted by Crippen LogP contribution is 2.34. The number of thiocarbonyl (C=S) groups is 1. The number of benzene rings is 1. The number of aromatic hydroxyl groups is 1. The van der Waals surface area contributed by atoms with Crippen LogP contribution in [0.2, 0.25) is 0 Å². The second-order valence-corrected chi connectivity index (χ2v) is 8.70. The first kappa shape index (κ1) is 17.2. The van der Waals surface area contributed by atoms with E-state index in [2.05, 4.69) is 10.3 Å². The number of hydrogen-bond acceptors (Lipinski definition) is 6. The standard InChI is InChI=1S/C19H14N2O2S3/c1-9-5-10(2)17(22)16-13(9)3-4-14(20-16)11-6-12(25-8-11)7-15-18(23)21-19(24)26-15/h3-8,22H,1-2H3,(H,21,23,24)/b15-7-. The van der Waals surface area contributed by atoms with Crippen LogP contribution in [0, 0.1) is 13.8 Å². The Hall–Kier alpha value is -2.22. The van der Waals surface area contributed by atoms with Crippen LogP contribution in [0.5, 0.6) is 5.75 Å². The molecule has 2 N–H and O–H groups in total. The zero-order valence-electron chi connectivity index (χ0n) is 14.0. The van der Waals surface area contributed by atoms with Gasteiger partial charge in [0.25, 0.3) is 5.91 Å². The molecule has 1 aromatic carbocycles. The number of hydrogen-bond donors (Lipinski definition) is 2. The largest absolute Gasteiger partial charge is 0.505 e. The molecule has 1 saturated heterocycles. The Bertz CT molecular complexity index is 1120. The molecule has 130 valence electrons. The van der Waals surface area contributed by atoms with Crippen molar-refractivity contribution >= 4 is 62.5 Å². The molecule has 3 heterocycles. The van der Waals surface area contributed by atoms with Crippen molar-refractivity contribution in [3.63, 3.8) is 0 Å². The first-order chi connectivity index (χ1) is 12.4. The molecule has 4 rings (SSSR count). The first-order valence-corrected chi connectivity index (χ1v) is 9.96. The van der Waals surface area contributed by atoms with Gasteiger partial charge >= 0.3 is 0 Å². The van der Waals surface area contributed by atoms with E-state index in [9.17, 15) is 9.90 Å². The van der Waals surface area contributed by atoms with Crippen LogP contribution in [0.3, 0.4) is 0 Å². The quantitative estimate of drug-likeness (QED) is 0.481.